The van der Waals surface area contributed by atoms with E-state index in [9.17, 15) is 0 Å². The highest BCUT2D eigenvalue weighted by atomic mass is 16.5. The molecule has 0 radical (unpaired) electrons. The topological polar surface area (TPSA) is 56.5 Å². The number of hydrogen-bond donors (Lipinski definition) is 2. The molecule has 1 heterocycles. The molecule has 3 N–H and O–H groups in total. The molecule has 0 aliphatic carbocycles. The first-order valence-electron chi connectivity index (χ1n) is 7.44. The molecular weight excluding hydrogens is 252 g/mol. The zero-order valence-electron chi connectivity index (χ0n) is 12.5. The number of ether oxygens (including phenoxy) is 2. The van der Waals surface area contributed by atoms with Crippen molar-refractivity contribution in [1.82, 2.24) is 5.43 Å². The molecule has 1 aromatic carbocycles. The fourth-order valence-electron chi connectivity index (χ4n) is 3.05. The van der Waals surface area contributed by atoms with Gasteiger partial charge in [-0.2, -0.15) is 0 Å². The molecule has 2 rings (SSSR count). The molecule has 1 unspecified atom stereocenters. The lowest BCUT2D eigenvalue weighted by Crippen LogP contribution is -2.58. The van der Waals surface area contributed by atoms with Gasteiger partial charge in [0.15, 0.2) is 0 Å². The van der Waals surface area contributed by atoms with E-state index in [1.807, 2.05) is 6.92 Å². The summed E-state index contributed by atoms with van der Waals surface area (Å²) in [5.74, 6) is 5.85. The van der Waals surface area contributed by atoms with E-state index in [1.165, 1.54) is 11.1 Å². The Morgan fingerprint density at radius 2 is 2.05 bits per heavy atom. The Hall–Kier alpha value is -0.940. The molecular formula is C16H26N2O2. The highest BCUT2D eigenvalue weighted by Gasteiger charge is 2.40. The van der Waals surface area contributed by atoms with Crippen molar-refractivity contribution in [2.75, 3.05) is 19.8 Å². The molecule has 1 aliphatic heterocycles. The molecule has 1 fully saturated rings. The standard InChI is InChI=1S/C16H26N2O2/c1-3-20-16(8-10-19-11-9-16)15(18-17)12-14-7-5-4-6-13(14)2/h4-7,15,18H,3,8-12,17H2,1-2H3. The van der Waals surface area contributed by atoms with Gasteiger partial charge < -0.3 is 9.47 Å². The monoisotopic (exact) mass is 278 g/mol. The number of benzene rings is 1. The van der Waals surface area contributed by atoms with Gasteiger partial charge in [-0.1, -0.05) is 24.3 Å². The summed E-state index contributed by atoms with van der Waals surface area (Å²) in [5.41, 5.74) is 5.39. The largest absolute Gasteiger partial charge is 0.381 e. The van der Waals surface area contributed by atoms with E-state index < -0.39 is 0 Å². The van der Waals surface area contributed by atoms with Crippen LogP contribution in [0.3, 0.4) is 0 Å². The SMILES string of the molecule is CCOC1(C(Cc2ccccc2C)NN)CCOCC1. The summed E-state index contributed by atoms with van der Waals surface area (Å²) in [5, 5.41) is 0. The molecule has 4 nitrogen and oxygen atoms in total. The van der Waals surface area contributed by atoms with Crippen LogP contribution in [0.2, 0.25) is 0 Å². The van der Waals surface area contributed by atoms with Gasteiger partial charge in [-0.15, -0.1) is 0 Å². The molecule has 0 saturated carbocycles. The predicted octanol–water partition coefficient (Wildman–Crippen LogP) is 1.96. The third-order valence-electron chi connectivity index (χ3n) is 4.29. The zero-order valence-corrected chi connectivity index (χ0v) is 12.5. The van der Waals surface area contributed by atoms with Gasteiger partial charge in [-0.05, 0) is 31.4 Å². The van der Waals surface area contributed by atoms with Crippen LogP contribution in [0, 0.1) is 6.92 Å². The minimum Gasteiger partial charge on any atom is -0.381 e. The fourth-order valence-corrected chi connectivity index (χ4v) is 3.05. The average Bonchev–Trinajstić information content (AvgIpc) is 2.47. The van der Waals surface area contributed by atoms with Gasteiger partial charge in [0.2, 0.25) is 0 Å². The number of rotatable bonds is 6. The van der Waals surface area contributed by atoms with Crippen LogP contribution in [0.25, 0.3) is 0 Å². The minimum atomic E-state index is -0.218. The number of aryl methyl sites for hydroxylation is 1. The summed E-state index contributed by atoms with van der Waals surface area (Å²) in [7, 11) is 0. The van der Waals surface area contributed by atoms with E-state index in [0.717, 1.165) is 32.5 Å². The van der Waals surface area contributed by atoms with Crippen molar-refractivity contribution >= 4 is 0 Å². The van der Waals surface area contributed by atoms with Gasteiger partial charge >= 0.3 is 0 Å². The van der Waals surface area contributed by atoms with Crippen LogP contribution in [-0.2, 0) is 15.9 Å². The Bertz CT molecular complexity index is 411. The second kappa shape index (κ2) is 7.18. The number of nitrogens with two attached hydrogens (primary N) is 1. The van der Waals surface area contributed by atoms with E-state index in [1.54, 1.807) is 0 Å². The molecule has 1 aliphatic rings. The Morgan fingerprint density at radius 1 is 1.35 bits per heavy atom. The van der Waals surface area contributed by atoms with E-state index in [0.29, 0.717) is 6.61 Å². The fraction of sp³-hybridized carbons (Fsp3) is 0.625. The first-order chi connectivity index (χ1) is 9.72. The van der Waals surface area contributed by atoms with E-state index in [2.05, 4.69) is 36.6 Å². The van der Waals surface area contributed by atoms with Gasteiger partial charge in [0.1, 0.15) is 0 Å². The second-order valence-corrected chi connectivity index (χ2v) is 5.46. The van der Waals surface area contributed by atoms with Crippen molar-refractivity contribution in [1.29, 1.82) is 0 Å². The predicted molar refractivity (Wildman–Crippen MR) is 80.4 cm³/mol. The highest BCUT2D eigenvalue weighted by molar-refractivity contribution is 5.27. The van der Waals surface area contributed by atoms with Crippen LogP contribution in [-0.4, -0.2) is 31.5 Å². The summed E-state index contributed by atoms with van der Waals surface area (Å²) in [6, 6.07) is 8.55. The van der Waals surface area contributed by atoms with Crippen LogP contribution in [0.1, 0.15) is 30.9 Å². The number of hydrogen-bond acceptors (Lipinski definition) is 4. The van der Waals surface area contributed by atoms with E-state index in [-0.39, 0.29) is 11.6 Å². The Labute approximate surface area is 121 Å². The molecule has 0 bridgehead atoms. The summed E-state index contributed by atoms with van der Waals surface area (Å²) in [4.78, 5) is 0. The van der Waals surface area contributed by atoms with Gasteiger partial charge in [0.05, 0.1) is 11.6 Å². The summed E-state index contributed by atoms with van der Waals surface area (Å²) >= 11 is 0. The minimum absolute atomic E-state index is 0.104. The van der Waals surface area contributed by atoms with Crippen molar-refractivity contribution in [3.8, 4) is 0 Å². The smallest absolute Gasteiger partial charge is 0.0895 e. The molecule has 0 amide bonds. The second-order valence-electron chi connectivity index (χ2n) is 5.46. The maximum atomic E-state index is 6.11. The van der Waals surface area contributed by atoms with E-state index in [4.69, 9.17) is 15.3 Å². The number of hydrazine groups is 1. The molecule has 1 aromatic rings. The Kier molecular flexibility index (Phi) is 5.54. The van der Waals surface area contributed by atoms with Crippen molar-refractivity contribution in [3.05, 3.63) is 35.4 Å². The molecule has 0 aromatic heterocycles. The molecule has 112 valence electrons. The van der Waals surface area contributed by atoms with Gasteiger partial charge in [-0.3, -0.25) is 11.3 Å². The molecule has 1 atom stereocenters. The van der Waals surface area contributed by atoms with Crippen LogP contribution < -0.4 is 11.3 Å². The van der Waals surface area contributed by atoms with Gasteiger partial charge in [-0.25, -0.2) is 0 Å². The number of nitrogens with one attached hydrogen (secondary N) is 1. The summed E-state index contributed by atoms with van der Waals surface area (Å²) in [6.07, 6.45) is 2.66. The van der Waals surface area contributed by atoms with Crippen LogP contribution in [0.5, 0.6) is 0 Å². The first kappa shape index (κ1) is 15.4. The van der Waals surface area contributed by atoms with E-state index >= 15 is 0 Å². The summed E-state index contributed by atoms with van der Waals surface area (Å²) in [6.45, 7) is 6.36. The lowest BCUT2D eigenvalue weighted by molar-refractivity contribution is -0.126. The molecule has 0 spiro atoms. The lowest BCUT2D eigenvalue weighted by atomic mass is 9.82. The summed E-state index contributed by atoms with van der Waals surface area (Å²) < 4.78 is 11.6. The van der Waals surface area contributed by atoms with Crippen molar-refractivity contribution < 1.29 is 9.47 Å². The highest BCUT2D eigenvalue weighted by Crippen LogP contribution is 2.31. The third kappa shape index (κ3) is 3.38. The Morgan fingerprint density at radius 3 is 2.65 bits per heavy atom. The molecule has 20 heavy (non-hydrogen) atoms. The maximum absolute atomic E-state index is 6.11. The first-order valence-corrected chi connectivity index (χ1v) is 7.44. The average molecular weight is 278 g/mol. The van der Waals surface area contributed by atoms with Gasteiger partial charge in [0, 0.05) is 32.7 Å². The molecule has 4 heteroatoms. The molecule has 1 saturated heterocycles. The third-order valence-corrected chi connectivity index (χ3v) is 4.29. The lowest BCUT2D eigenvalue weighted by Gasteiger charge is -2.43. The van der Waals surface area contributed by atoms with Crippen LogP contribution in [0.4, 0.5) is 0 Å². The quantitative estimate of drug-likeness (QED) is 0.617. The normalized spacial score (nSPS) is 19.8. The zero-order chi connectivity index (χ0) is 14.4. The van der Waals surface area contributed by atoms with Crippen molar-refractivity contribution in [2.24, 2.45) is 5.84 Å². The van der Waals surface area contributed by atoms with Crippen molar-refractivity contribution in [2.45, 2.75) is 44.8 Å². The Balaban J connectivity index is 2.18. The van der Waals surface area contributed by atoms with Crippen LogP contribution >= 0.6 is 0 Å². The van der Waals surface area contributed by atoms with Gasteiger partial charge in [0.25, 0.3) is 0 Å². The van der Waals surface area contributed by atoms with Crippen LogP contribution in [0.15, 0.2) is 24.3 Å². The maximum Gasteiger partial charge on any atom is 0.0895 e. The van der Waals surface area contributed by atoms with Crippen molar-refractivity contribution in [3.63, 3.8) is 0 Å².